The van der Waals surface area contributed by atoms with Crippen molar-refractivity contribution >= 4 is 40.1 Å². The van der Waals surface area contributed by atoms with Gasteiger partial charge in [-0.25, -0.2) is 0 Å². The molecule has 0 aliphatic heterocycles. The Morgan fingerprint density at radius 3 is 2.58 bits per heavy atom. The summed E-state index contributed by atoms with van der Waals surface area (Å²) in [4.78, 5) is 14.5. The number of carboxylic acids is 1. The van der Waals surface area contributed by atoms with Crippen molar-refractivity contribution < 1.29 is 14.6 Å². The fourth-order valence-electron chi connectivity index (χ4n) is 3.54. The summed E-state index contributed by atoms with van der Waals surface area (Å²) in [5.74, 6) is -0.615. The molecule has 0 aliphatic carbocycles. The maximum atomic E-state index is 11.3. The minimum Gasteiger partial charge on any atom is -0.488 e. The van der Waals surface area contributed by atoms with Crippen molar-refractivity contribution in [2.45, 2.75) is 20.0 Å². The molecule has 4 rings (SSSR count). The van der Waals surface area contributed by atoms with Gasteiger partial charge in [0.15, 0.2) is 0 Å². The standard InChI is InChI=1S/C25H21Cl2NO3/c1-15(25(29)30)11-16-5-8-24(31-14-20-21(26)3-2-4-22(20)27)19(12-16)17-6-7-23-18(13-17)9-10-28-23/h2-10,12-13,15,28H,11,14H2,1H3,(H,29,30). The number of rotatable bonds is 7. The Labute approximate surface area is 190 Å². The van der Waals surface area contributed by atoms with Crippen LogP contribution in [0, 0.1) is 5.92 Å². The predicted molar refractivity (Wildman–Crippen MR) is 125 cm³/mol. The average molecular weight is 454 g/mol. The van der Waals surface area contributed by atoms with E-state index in [1.165, 1.54) is 0 Å². The van der Waals surface area contributed by atoms with E-state index in [0.717, 1.165) is 33.2 Å². The molecule has 0 saturated heterocycles. The van der Waals surface area contributed by atoms with Gasteiger partial charge in [0, 0.05) is 32.9 Å². The molecule has 1 unspecified atom stereocenters. The molecule has 31 heavy (non-hydrogen) atoms. The lowest BCUT2D eigenvalue weighted by molar-refractivity contribution is -0.141. The van der Waals surface area contributed by atoms with Gasteiger partial charge in [0.25, 0.3) is 0 Å². The fraction of sp³-hybridized carbons (Fsp3) is 0.160. The lowest BCUT2D eigenvalue weighted by atomic mass is 9.96. The molecule has 3 aromatic carbocycles. The first kappa shape index (κ1) is 21.3. The first-order chi connectivity index (χ1) is 14.9. The number of aromatic amines is 1. The number of nitrogens with one attached hydrogen (secondary N) is 1. The van der Waals surface area contributed by atoms with Crippen LogP contribution in [0.2, 0.25) is 10.0 Å². The van der Waals surface area contributed by atoms with Gasteiger partial charge in [-0.05, 0) is 65.4 Å². The quantitative estimate of drug-likeness (QED) is 0.317. The van der Waals surface area contributed by atoms with E-state index in [0.29, 0.717) is 22.2 Å². The summed E-state index contributed by atoms with van der Waals surface area (Å²) in [6.07, 6.45) is 2.33. The highest BCUT2D eigenvalue weighted by atomic mass is 35.5. The molecule has 0 radical (unpaired) electrons. The number of aromatic nitrogens is 1. The summed E-state index contributed by atoms with van der Waals surface area (Å²) in [6, 6.07) is 19.3. The van der Waals surface area contributed by atoms with Gasteiger partial charge in [0.2, 0.25) is 0 Å². The van der Waals surface area contributed by atoms with E-state index >= 15 is 0 Å². The molecule has 0 spiro atoms. The van der Waals surface area contributed by atoms with E-state index in [1.54, 1.807) is 25.1 Å². The first-order valence-corrected chi connectivity index (χ1v) is 10.7. The fourth-order valence-corrected chi connectivity index (χ4v) is 4.04. The monoisotopic (exact) mass is 453 g/mol. The summed E-state index contributed by atoms with van der Waals surface area (Å²) < 4.78 is 6.15. The normalized spacial score (nSPS) is 12.1. The van der Waals surface area contributed by atoms with E-state index in [-0.39, 0.29) is 6.61 Å². The van der Waals surface area contributed by atoms with E-state index < -0.39 is 11.9 Å². The Morgan fingerprint density at radius 2 is 1.84 bits per heavy atom. The van der Waals surface area contributed by atoms with Crippen LogP contribution < -0.4 is 4.74 Å². The summed E-state index contributed by atoms with van der Waals surface area (Å²) >= 11 is 12.6. The highest BCUT2D eigenvalue weighted by Crippen LogP contribution is 2.35. The molecule has 1 atom stereocenters. The number of fused-ring (bicyclic) bond motifs is 1. The van der Waals surface area contributed by atoms with Crippen LogP contribution in [0.4, 0.5) is 0 Å². The Kier molecular flexibility index (Phi) is 6.21. The van der Waals surface area contributed by atoms with Gasteiger partial charge in [0.05, 0.1) is 5.92 Å². The molecule has 0 fully saturated rings. The Hall–Kier alpha value is -2.95. The van der Waals surface area contributed by atoms with Crippen molar-refractivity contribution in [1.82, 2.24) is 4.98 Å². The van der Waals surface area contributed by atoms with Crippen molar-refractivity contribution in [3.8, 4) is 16.9 Å². The average Bonchev–Trinajstić information content (AvgIpc) is 3.22. The molecule has 6 heteroatoms. The van der Waals surface area contributed by atoms with Gasteiger partial charge >= 0.3 is 5.97 Å². The van der Waals surface area contributed by atoms with Crippen LogP contribution in [0.5, 0.6) is 5.75 Å². The van der Waals surface area contributed by atoms with Gasteiger partial charge < -0.3 is 14.8 Å². The number of carboxylic acid groups (broad SMARTS) is 1. The summed E-state index contributed by atoms with van der Waals surface area (Å²) in [5, 5.41) is 11.5. The Balaban J connectivity index is 1.71. The molecule has 0 aliphatic rings. The number of benzene rings is 3. The molecule has 0 saturated carbocycles. The molecular weight excluding hydrogens is 433 g/mol. The molecule has 1 aromatic heterocycles. The third-order valence-corrected chi connectivity index (χ3v) is 6.01. The Morgan fingerprint density at radius 1 is 1.06 bits per heavy atom. The molecule has 0 amide bonds. The maximum Gasteiger partial charge on any atom is 0.306 e. The number of aliphatic carboxylic acids is 1. The number of hydrogen-bond acceptors (Lipinski definition) is 2. The second kappa shape index (κ2) is 9.04. The molecule has 2 N–H and O–H groups in total. The largest absolute Gasteiger partial charge is 0.488 e. The van der Waals surface area contributed by atoms with Crippen LogP contribution in [0.15, 0.2) is 66.9 Å². The van der Waals surface area contributed by atoms with Crippen molar-refractivity contribution in [3.05, 3.63) is 88.0 Å². The lowest BCUT2D eigenvalue weighted by Gasteiger charge is -2.16. The van der Waals surface area contributed by atoms with Crippen molar-refractivity contribution in [2.75, 3.05) is 0 Å². The predicted octanol–water partition coefficient (Wildman–Crippen LogP) is 6.98. The van der Waals surface area contributed by atoms with Crippen LogP contribution >= 0.6 is 23.2 Å². The molecule has 1 heterocycles. The van der Waals surface area contributed by atoms with Gasteiger partial charge in [-0.1, -0.05) is 48.3 Å². The molecule has 4 nitrogen and oxygen atoms in total. The smallest absolute Gasteiger partial charge is 0.306 e. The van der Waals surface area contributed by atoms with Gasteiger partial charge in [-0.3, -0.25) is 4.79 Å². The third-order valence-electron chi connectivity index (χ3n) is 5.31. The number of carbonyl (C=O) groups is 1. The SMILES string of the molecule is CC(Cc1ccc(OCc2c(Cl)cccc2Cl)c(-c2ccc3[nH]ccc3c2)c1)C(=O)O. The van der Waals surface area contributed by atoms with Crippen molar-refractivity contribution in [2.24, 2.45) is 5.92 Å². The topological polar surface area (TPSA) is 62.3 Å². The second-order valence-corrected chi connectivity index (χ2v) is 8.36. The van der Waals surface area contributed by atoms with Gasteiger partial charge in [0.1, 0.15) is 12.4 Å². The van der Waals surface area contributed by atoms with E-state index in [9.17, 15) is 9.90 Å². The van der Waals surface area contributed by atoms with Crippen molar-refractivity contribution in [3.63, 3.8) is 0 Å². The van der Waals surface area contributed by atoms with Crippen LogP contribution in [0.25, 0.3) is 22.0 Å². The minimum absolute atomic E-state index is 0.225. The second-order valence-electron chi connectivity index (χ2n) is 7.54. The van der Waals surface area contributed by atoms with Crippen LogP contribution in [-0.4, -0.2) is 16.1 Å². The zero-order valence-electron chi connectivity index (χ0n) is 16.9. The van der Waals surface area contributed by atoms with Crippen molar-refractivity contribution in [1.29, 1.82) is 0 Å². The zero-order valence-corrected chi connectivity index (χ0v) is 18.4. The Bertz CT molecular complexity index is 1230. The number of hydrogen-bond donors (Lipinski definition) is 2. The number of H-pyrrole nitrogens is 1. The van der Waals surface area contributed by atoms with Gasteiger partial charge in [-0.2, -0.15) is 0 Å². The van der Waals surface area contributed by atoms with E-state index in [2.05, 4.69) is 11.1 Å². The summed E-state index contributed by atoms with van der Waals surface area (Å²) in [7, 11) is 0. The molecule has 158 valence electrons. The summed E-state index contributed by atoms with van der Waals surface area (Å²) in [5.41, 5.74) is 4.58. The van der Waals surface area contributed by atoms with Gasteiger partial charge in [-0.15, -0.1) is 0 Å². The highest BCUT2D eigenvalue weighted by molar-refractivity contribution is 6.35. The summed E-state index contributed by atoms with van der Waals surface area (Å²) in [6.45, 7) is 1.93. The molecular formula is C25H21Cl2NO3. The minimum atomic E-state index is -0.816. The van der Waals surface area contributed by atoms with Crippen LogP contribution in [-0.2, 0) is 17.8 Å². The number of halogens is 2. The lowest BCUT2D eigenvalue weighted by Crippen LogP contribution is -2.12. The van der Waals surface area contributed by atoms with E-state index in [4.69, 9.17) is 27.9 Å². The number of ether oxygens (including phenoxy) is 1. The van der Waals surface area contributed by atoms with Crippen LogP contribution in [0.3, 0.4) is 0 Å². The first-order valence-electron chi connectivity index (χ1n) is 9.91. The zero-order chi connectivity index (χ0) is 22.0. The molecule has 4 aromatic rings. The highest BCUT2D eigenvalue weighted by Gasteiger charge is 2.15. The third kappa shape index (κ3) is 4.71. The van der Waals surface area contributed by atoms with Crippen LogP contribution in [0.1, 0.15) is 18.1 Å². The molecule has 0 bridgehead atoms. The maximum absolute atomic E-state index is 11.3. The van der Waals surface area contributed by atoms with E-state index in [1.807, 2.05) is 42.6 Å².